The van der Waals surface area contributed by atoms with Crippen LogP contribution in [0.5, 0.6) is 0 Å². The van der Waals surface area contributed by atoms with Gasteiger partial charge in [0.1, 0.15) is 5.01 Å². The molecule has 2 rings (SSSR count). The second-order valence-electron chi connectivity index (χ2n) is 4.07. The summed E-state index contributed by atoms with van der Waals surface area (Å²) in [6, 6.07) is 0.161. The van der Waals surface area contributed by atoms with Crippen molar-refractivity contribution in [1.29, 1.82) is 0 Å². The van der Waals surface area contributed by atoms with Crippen LogP contribution in [0.25, 0.3) is 0 Å². The monoisotopic (exact) mass is 250 g/mol. The van der Waals surface area contributed by atoms with E-state index < -0.39 is 0 Å². The zero-order valence-corrected chi connectivity index (χ0v) is 11.5. The number of nitrogens with zero attached hydrogens (tertiary/aromatic N) is 3. The molecule has 0 bridgehead atoms. The fraction of sp³-hybridized carbons (Fsp3) is 0.500. The Balaban J connectivity index is 2.46. The van der Waals surface area contributed by atoms with E-state index in [-0.39, 0.29) is 6.04 Å². The molecule has 5 heteroatoms. The highest BCUT2D eigenvalue weighted by Crippen LogP contribution is 2.28. The Morgan fingerprint density at radius 1 is 1.47 bits per heavy atom. The molecule has 17 heavy (non-hydrogen) atoms. The van der Waals surface area contributed by atoms with Crippen LogP contribution in [0, 0.1) is 13.8 Å². The highest BCUT2D eigenvalue weighted by molar-refractivity contribution is 7.09. The van der Waals surface area contributed by atoms with E-state index in [1.165, 1.54) is 11.3 Å². The van der Waals surface area contributed by atoms with Gasteiger partial charge in [0.2, 0.25) is 0 Å². The summed E-state index contributed by atoms with van der Waals surface area (Å²) in [5.74, 6) is 0. The molecular weight excluding hydrogens is 232 g/mol. The molecule has 92 valence electrons. The van der Waals surface area contributed by atoms with Gasteiger partial charge in [0.25, 0.3) is 0 Å². The quantitative estimate of drug-likeness (QED) is 0.904. The minimum absolute atomic E-state index is 0.161. The van der Waals surface area contributed by atoms with Gasteiger partial charge in [0.15, 0.2) is 0 Å². The zero-order chi connectivity index (χ0) is 12.4. The maximum atomic E-state index is 4.48. The van der Waals surface area contributed by atoms with Gasteiger partial charge in [-0.25, -0.2) is 4.98 Å². The van der Waals surface area contributed by atoms with Crippen LogP contribution in [0.1, 0.15) is 34.9 Å². The lowest BCUT2D eigenvalue weighted by Gasteiger charge is -2.16. The molecule has 2 aromatic heterocycles. The minimum atomic E-state index is 0.161. The van der Waals surface area contributed by atoms with E-state index in [1.54, 1.807) is 11.3 Å². The van der Waals surface area contributed by atoms with E-state index in [9.17, 15) is 0 Å². The predicted molar refractivity (Wildman–Crippen MR) is 70.3 cm³/mol. The third-order valence-electron chi connectivity index (χ3n) is 2.96. The second-order valence-corrected chi connectivity index (χ2v) is 5.00. The molecule has 0 aliphatic carbocycles. The third-order valence-corrected chi connectivity index (χ3v) is 3.80. The van der Waals surface area contributed by atoms with Crippen molar-refractivity contribution in [2.75, 3.05) is 6.54 Å². The molecule has 2 heterocycles. The molecule has 0 spiro atoms. The van der Waals surface area contributed by atoms with Crippen molar-refractivity contribution in [1.82, 2.24) is 20.1 Å². The molecule has 0 aromatic carbocycles. The Morgan fingerprint density at radius 3 is 2.71 bits per heavy atom. The van der Waals surface area contributed by atoms with Crippen LogP contribution >= 0.6 is 11.3 Å². The van der Waals surface area contributed by atoms with Crippen LogP contribution in [0.3, 0.4) is 0 Å². The van der Waals surface area contributed by atoms with E-state index in [2.05, 4.69) is 36.2 Å². The van der Waals surface area contributed by atoms with E-state index in [4.69, 9.17) is 0 Å². The molecule has 0 saturated heterocycles. The lowest BCUT2D eigenvalue weighted by Crippen LogP contribution is -2.23. The topological polar surface area (TPSA) is 42.7 Å². The number of aromatic nitrogens is 3. The van der Waals surface area contributed by atoms with Crippen LogP contribution in [0.2, 0.25) is 0 Å². The van der Waals surface area contributed by atoms with Crippen molar-refractivity contribution in [2.24, 2.45) is 7.05 Å². The Hall–Kier alpha value is -1.20. The predicted octanol–water partition coefficient (Wildman–Crippen LogP) is 2.19. The summed E-state index contributed by atoms with van der Waals surface area (Å²) in [5.41, 5.74) is 3.53. The SMILES string of the molecule is CCNC(c1nccs1)c1c(C)nn(C)c1C. The van der Waals surface area contributed by atoms with Crippen LogP contribution in [-0.2, 0) is 7.05 Å². The minimum Gasteiger partial charge on any atom is -0.304 e. The number of aryl methyl sites for hydroxylation is 2. The Labute approximate surface area is 106 Å². The van der Waals surface area contributed by atoms with Gasteiger partial charge < -0.3 is 5.32 Å². The maximum absolute atomic E-state index is 4.48. The number of nitrogens with one attached hydrogen (secondary N) is 1. The van der Waals surface area contributed by atoms with Crippen molar-refractivity contribution in [3.8, 4) is 0 Å². The summed E-state index contributed by atoms with van der Waals surface area (Å²) in [4.78, 5) is 4.42. The van der Waals surface area contributed by atoms with Gasteiger partial charge in [0.05, 0.1) is 11.7 Å². The molecule has 2 aromatic rings. The van der Waals surface area contributed by atoms with E-state index in [1.807, 2.05) is 23.3 Å². The smallest absolute Gasteiger partial charge is 0.114 e. The summed E-state index contributed by atoms with van der Waals surface area (Å²) in [6.07, 6.45) is 1.85. The first-order chi connectivity index (χ1) is 8.15. The second kappa shape index (κ2) is 4.98. The van der Waals surface area contributed by atoms with Crippen LogP contribution < -0.4 is 5.32 Å². The summed E-state index contributed by atoms with van der Waals surface area (Å²) < 4.78 is 1.93. The zero-order valence-electron chi connectivity index (χ0n) is 10.7. The standard InChI is InChI=1S/C12H18N4S/c1-5-13-11(12-14-6-7-17-12)10-8(2)15-16(4)9(10)3/h6-7,11,13H,5H2,1-4H3. The van der Waals surface area contributed by atoms with Crippen molar-refractivity contribution >= 4 is 11.3 Å². The van der Waals surface area contributed by atoms with Crippen LogP contribution in [-0.4, -0.2) is 21.3 Å². The van der Waals surface area contributed by atoms with Gasteiger partial charge in [-0.1, -0.05) is 6.92 Å². The molecule has 1 unspecified atom stereocenters. The largest absolute Gasteiger partial charge is 0.304 e. The molecule has 0 radical (unpaired) electrons. The lowest BCUT2D eigenvalue weighted by atomic mass is 10.1. The Bertz CT molecular complexity index is 487. The first-order valence-corrected chi connectivity index (χ1v) is 6.66. The molecule has 4 nitrogen and oxygen atoms in total. The lowest BCUT2D eigenvalue weighted by molar-refractivity contribution is 0.619. The molecule has 0 aliphatic heterocycles. The van der Waals surface area contributed by atoms with E-state index in [0.29, 0.717) is 0 Å². The molecule has 0 fully saturated rings. The molecule has 1 N–H and O–H groups in total. The summed E-state index contributed by atoms with van der Waals surface area (Å²) in [7, 11) is 1.98. The van der Waals surface area contributed by atoms with Gasteiger partial charge in [0, 0.05) is 29.9 Å². The molecular formula is C12H18N4S. The molecule has 0 amide bonds. The fourth-order valence-electron chi connectivity index (χ4n) is 2.10. The van der Waals surface area contributed by atoms with E-state index >= 15 is 0 Å². The summed E-state index contributed by atoms with van der Waals surface area (Å²) in [5, 5.41) is 11.1. The van der Waals surface area contributed by atoms with E-state index in [0.717, 1.165) is 17.2 Å². The van der Waals surface area contributed by atoms with Gasteiger partial charge in [-0.3, -0.25) is 4.68 Å². The number of hydrogen-bond acceptors (Lipinski definition) is 4. The maximum Gasteiger partial charge on any atom is 0.114 e. The Kier molecular flexibility index (Phi) is 3.59. The van der Waals surface area contributed by atoms with Crippen LogP contribution in [0.4, 0.5) is 0 Å². The average Bonchev–Trinajstić information content (AvgIpc) is 2.88. The van der Waals surface area contributed by atoms with Crippen LogP contribution in [0.15, 0.2) is 11.6 Å². The van der Waals surface area contributed by atoms with Gasteiger partial charge >= 0.3 is 0 Å². The van der Waals surface area contributed by atoms with Gasteiger partial charge in [-0.2, -0.15) is 5.10 Å². The fourth-order valence-corrected chi connectivity index (χ4v) is 2.82. The number of hydrogen-bond donors (Lipinski definition) is 1. The van der Waals surface area contributed by atoms with Crippen molar-refractivity contribution < 1.29 is 0 Å². The highest BCUT2D eigenvalue weighted by Gasteiger charge is 2.22. The number of thiazole rings is 1. The average molecular weight is 250 g/mol. The molecule has 0 saturated carbocycles. The Morgan fingerprint density at radius 2 is 2.24 bits per heavy atom. The molecule has 1 atom stereocenters. The molecule has 0 aliphatic rings. The van der Waals surface area contributed by atoms with Crippen molar-refractivity contribution in [2.45, 2.75) is 26.8 Å². The normalized spacial score (nSPS) is 12.9. The van der Waals surface area contributed by atoms with Crippen molar-refractivity contribution in [3.05, 3.63) is 33.5 Å². The van der Waals surface area contributed by atoms with Crippen molar-refractivity contribution in [3.63, 3.8) is 0 Å². The first-order valence-electron chi connectivity index (χ1n) is 5.78. The summed E-state index contributed by atoms with van der Waals surface area (Å²) >= 11 is 1.68. The highest BCUT2D eigenvalue weighted by atomic mass is 32.1. The number of rotatable bonds is 4. The van der Waals surface area contributed by atoms with Gasteiger partial charge in [-0.05, 0) is 20.4 Å². The summed E-state index contributed by atoms with van der Waals surface area (Å²) in [6.45, 7) is 7.19. The third kappa shape index (κ3) is 2.25. The first kappa shape index (κ1) is 12.3. The van der Waals surface area contributed by atoms with Gasteiger partial charge in [-0.15, -0.1) is 11.3 Å².